The fourth-order valence-electron chi connectivity index (χ4n) is 2.29. The van der Waals surface area contributed by atoms with E-state index in [9.17, 15) is 14.3 Å². The number of benzene rings is 1. The summed E-state index contributed by atoms with van der Waals surface area (Å²) in [7, 11) is -3.04. The summed E-state index contributed by atoms with van der Waals surface area (Å²) in [5, 5.41) is 11.6. The standard InChI is InChI=1S/C15H18N3O5P/c1-22-15(19)14(18-24(20,21)23-8-4-7-16)9-11-10-17-13-6-3-2-5-12(11)13/h2-3,5-6,10,14,17H,4,8-9H2,1H3,(H2,18,20,21)/t14-/m0/s1. The van der Waals surface area contributed by atoms with Crippen LogP contribution in [0.1, 0.15) is 12.0 Å². The van der Waals surface area contributed by atoms with Gasteiger partial charge in [0.15, 0.2) is 0 Å². The van der Waals surface area contributed by atoms with Crippen molar-refractivity contribution >= 4 is 24.6 Å². The number of H-pyrrole nitrogens is 1. The van der Waals surface area contributed by atoms with E-state index in [1.165, 1.54) is 7.11 Å². The molecule has 0 radical (unpaired) electrons. The van der Waals surface area contributed by atoms with Gasteiger partial charge in [-0.25, -0.2) is 9.65 Å². The number of para-hydroxylation sites is 1. The first-order chi connectivity index (χ1) is 11.5. The maximum absolute atomic E-state index is 12.0. The summed E-state index contributed by atoms with van der Waals surface area (Å²) >= 11 is 0. The van der Waals surface area contributed by atoms with Crippen molar-refractivity contribution in [3.8, 4) is 6.07 Å². The second-order valence-electron chi connectivity index (χ2n) is 5.03. The van der Waals surface area contributed by atoms with Gasteiger partial charge in [0, 0.05) is 23.5 Å². The summed E-state index contributed by atoms with van der Waals surface area (Å²) in [6, 6.07) is 8.26. The van der Waals surface area contributed by atoms with Crippen LogP contribution in [0.2, 0.25) is 0 Å². The highest BCUT2D eigenvalue weighted by Crippen LogP contribution is 2.38. The highest BCUT2D eigenvalue weighted by atomic mass is 31.2. The van der Waals surface area contributed by atoms with E-state index < -0.39 is 19.8 Å². The number of aromatic nitrogens is 1. The fraction of sp³-hybridized carbons (Fsp3) is 0.333. The van der Waals surface area contributed by atoms with Gasteiger partial charge < -0.3 is 14.6 Å². The summed E-state index contributed by atoms with van der Waals surface area (Å²) in [6.45, 7) is -0.210. The molecule has 1 unspecified atom stereocenters. The predicted molar refractivity (Wildman–Crippen MR) is 86.9 cm³/mol. The van der Waals surface area contributed by atoms with Crippen molar-refractivity contribution in [1.82, 2.24) is 10.1 Å². The number of carbonyl (C=O) groups excluding carboxylic acids is 1. The molecule has 2 aromatic rings. The van der Waals surface area contributed by atoms with Gasteiger partial charge in [0.1, 0.15) is 6.04 Å². The van der Waals surface area contributed by atoms with Crippen LogP contribution in [0.4, 0.5) is 0 Å². The molecular formula is C15H18N3O5P. The summed E-state index contributed by atoms with van der Waals surface area (Å²) in [6.07, 6.45) is 1.85. The van der Waals surface area contributed by atoms with Crippen molar-refractivity contribution in [2.75, 3.05) is 13.7 Å². The second-order valence-corrected chi connectivity index (χ2v) is 6.59. The number of hydrogen-bond acceptors (Lipinski definition) is 5. The van der Waals surface area contributed by atoms with Crippen LogP contribution in [-0.2, 0) is 25.0 Å². The maximum Gasteiger partial charge on any atom is 0.403 e. The summed E-state index contributed by atoms with van der Waals surface area (Å²) < 4.78 is 21.5. The highest BCUT2D eigenvalue weighted by Gasteiger charge is 2.30. The molecule has 2 rings (SSSR count). The molecule has 0 saturated heterocycles. The van der Waals surface area contributed by atoms with Crippen LogP contribution in [0.3, 0.4) is 0 Å². The van der Waals surface area contributed by atoms with Gasteiger partial charge in [0.05, 0.1) is 26.2 Å². The molecule has 9 heteroatoms. The normalized spacial score (nSPS) is 14.7. The minimum Gasteiger partial charge on any atom is -0.468 e. The van der Waals surface area contributed by atoms with Crippen LogP contribution in [0, 0.1) is 11.3 Å². The lowest BCUT2D eigenvalue weighted by molar-refractivity contribution is -0.142. The third kappa shape index (κ3) is 4.66. The zero-order valence-corrected chi connectivity index (χ0v) is 14.0. The molecule has 24 heavy (non-hydrogen) atoms. The summed E-state index contributed by atoms with van der Waals surface area (Å²) in [4.78, 5) is 24.8. The predicted octanol–water partition coefficient (Wildman–Crippen LogP) is 1.87. The lowest BCUT2D eigenvalue weighted by atomic mass is 10.1. The van der Waals surface area contributed by atoms with Crippen molar-refractivity contribution in [1.29, 1.82) is 5.26 Å². The van der Waals surface area contributed by atoms with Gasteiger partial charge in [-0.15, -0.1) is 0 Å². The molecule has 1 heterocycles. The Morgan fingerprint density at radius 1 is 1.50 bits per heavy atom. The zero-order valence-electron chi connectivity index (χ0n) is 13.1. The van der Waals surface area contributed by atoms with E-state index in [4.69, 9.17) is 14.5 Å². The van der Waals surface area contributed by atoms with Gasteiger partial charge in [-0.2, -0.15) is 5.26 Å². The number of rotatable bonds is 8. The number of esters is 1. The second kappa shape index (κ2) is 8.08. The monoisotopic (exact) mass is 351 g/mol. The number of nitrogens with zero attached hydrogens (tertiary/aromatic N) is 1. The topological polar surface area (TPSA) is 124 Å². The number of ether oxygens (including phenoxy) is 1. The average Bonchev–Trinajstić information content (AvgIpc) is 2.96. The van der Waals surface area contributed by atoms with E-state index in [0.29, 0.717) is 0 Å². The molecular weight excluding hydrogens is 333 g/mol. The van der Waals surface area contributed by atoms with E-state index in [1.807, 2.05) is 24.3 Å². The van der Waals surface area contributed by atoms with E-state index in [1.54, 1.807) is 12.3 Å². The molecule has 0 fully saturated rings. The van der Waals surface area contributed by atoms with Crippen molar-refractivity contribution in [2.45, 2.75) is 18.9 Å². The average molecular weight is 351 g/mol. The van der Waals surface area contributed by atoms with Crippen molar-refractivity contribution in [2.24, 2.45) is 0 Å². The lowest BCUT2D eigenvalue weighted by Gasteiger charge is -2.19. The number of nitrogens with one attached hydrogen (secondary N) is 2. The molecule has 8 nitrogen and oxygen atoms in total. The Morgan fingerprint density at radius 2 is 2.25 bits per heavy atom. The van der Waals surface area contributed by atoms with Crippen LogP contribution in [0.5, 0.6) is 0 Å². The van der Waals surface area contributed by atoms with E-state index in [-0.39, 0.29) is 19.4 Å². The SMILES string of the molecule is COC(=O)[C@H](Cc1c[nH]c2ccccc12)NP(=O)(O)OCCC#N. The fourth-order valence-corrected chi connectivity index (χ4v) is 3.30. The Hall–Kier alpha value is -2.17. The van der Waals surface area contributed by atoms with Crippen LogP contribution < -0.4 is 5.09 Å². The van der Waals surface area contributed by atoms with Gasteiger partial charge in [-0.05, 0) is 11.6 Å². The Balaban J connectivity index is 2.15. The lowest BCUT2D eigenvalue weighted by Crippen LogP contribution is -2.38. The highest BCUT2D eigenvalue weighted by molar-refractivity contribution is 7.50. The van der Waals surface area contributed by atoms with Crippen LogP contribution in [0.15, 0.2) is 30.5 Å². The number of carbonyl (C=O) groups is 1. The molecule has 1 aromatic carbocycles. The molecule has 0 amide bonds. The van der Waals surface area contributed by atoms with Gasteiger partial charge >= 0.3 is 13.7 Å². The Morgan fingerprint density at radius 3 is 2.96 bits per heavy atom. The number of hydrogen-bond donors (Lipinski definition) is 3. The van der Waals surface area contributed by atoms with Crippen molar-refractivity contribution < 1.29 is 23.5 Å². The Labute approximate surface area is 139 Å². The van der Waals surface area contributed by atoms with E-state index in [0.717, 1.165) is 16.5 Å². The van der Waals surface area contributed by atoms with Gasteiger partial charge in [0.2, 0.25) is 0 Å². The zero-order chi connectivity index (χ0) is 17.6. The number of nitriles is 1. The van der Waals surface area contributed by atoms with Crippen molar-refractivity contribution in [3.05, 3.63) is 36.0 Å². The molecule has 128 valence electrons. The molecule has 0 aliphatic rings. The van der Waals surface area contributed by atoms with E-state index in [2.05, 4.69) is 10.1 Å². The van der Waals surface area contributed by atoms with E-state index >= 15 is 0 Å². The molecule has 3 N–H and O–H groups in total. The minimum atomic E-state index is -4.24. The quantitative estimate of drug-likeness (QED) is 0.377. The summed E-state index contributed by atoms with van der Waals surface area (Å²) in [5.41, 5.74) is 1.69. The largest absolute Gasteiger partial charge is 0.468 e. The maximum atomic E-state index is 12.0. The van der Waals surface area contributed by atoms with Crippen LogP contribution >= 0.6 is 7.75 Å². The molecule has 0 aliphatic heterocycles. The number of methoxy groups -OCH3 is 1. The first-order valence-corrected chi connectivity index (χ1v) is 8.79. The third-order valence-corrected chi connectivity index (χ3v) is 4.55. The molecule has 0 bridgehead atoms. The molecule has 1 aromatic heterocycles. The first kappa shape index (κ1) is 18.2. The Bertz CT molecular complexity index is 798. The summed E-state index contributed by atoms with van der Waals surface area (Å²) in [5.74, 6) is -0.682. The van der Waals surface area contributed by atoms with Gasteiger partial charge in [-0.1, -0.05) is 18.2 Å². The van der Waals surface area contributed by atoms with Crippen LogP contribution in [0.25, 0.3) is 10.9 Å². The Kier molecular flexibility index (Phi) is 6.12. The molecule has 0 saturated carbocycles. The third-order valence-electron chi connectivity index (χ3n) is 3.38. The van der Waals surface area contributed by atoms with Crippen LogP contribution in [-0.4, -0.2) is 35.6 Å². The number of aromatic amines is 1. The van der Waals surface area contributed by atoms with Crippen molar-refractivity contribution in [3.63, 3.8) is 0 Å². The minimum absolute atomic E-state index is 0.0302. The molecule has 0 spiro atoms. The molecule has 0 aliphatic carbocycles. The van der Waals surface area contributed by atoms with Gasteiger partial charge in [-0.3, -0.25) is 9.32 Å². The van der Waals surface area contributed by atoms with Gasteiger partial charge in [0.25, 0.3) is 0 Å². The first-order valence-electron chi connectivity index (χ1n) is 7.21. The number of fused-ring (bicyclic) bond motifs is 1. The smallest absolute Gasteiger partial charge is 0.403 e. The molecule has 2 atom stereocenters.